The summed E-state index contributed by atoms with van der Waals surface area (Å²) >= 11 is 4.13. The highest BCUT2D eigenvalue weighted by molar-refractivity contribution is 7.80. The lowest BCUT2D eigenvalue weighted by atomic mass is 9.98. The van der Waals surface area contributed by atoms with Crippen molar-refractivity contribution in [1.82, 2.24) is 0 Å². The van der Waals surface area contributed by atoms with Crippen molar-refractivity contribution in [2.45, 2.75) is 6.42 Å². The van der Waals surface area contributed by atoms with Gasteiger partial charge in [-0.15, -0.1) is 0 Å². The first kappa shape index (κ1) is 13.6. The maximum Gasteiger partial charge on any atom is 0.133 e. The van der Waals surface area contributed by atoms with Crippen LogP contribution in [-0.4, -0.2) is 5.75 Å². The van der Waals surface area contributed by atoms with Crippen LogP contribution in [0, 0.1) is 23.0 Å². The van der Waals surface area contributed by atoms with Crippen molar-refractivity contribution in [2.75, 3.05) is 5.75 Å². The second-order valence-electron chi connectivity index (χ2n) is 4.08. The summed E-state index contributed by atoms with van der Waals surface area (Å²) in [4.78, 5) is 0. The smallest absolute Gasteiger partial charge is 0.133 e. The lowest BCUT2D eigenvalue weighted by Gasteiger charge is -2.07. The summed E-state index contributed by atoms with van der Waals surface area (Å²) in [5.74, 6) is -0.613. The van der Waals surface area contributed by atoms with Gasteiger partial charge in [-0.25, -0.2) is 8.78 Å². The van der Waals surface area contributed by atoms with Gasteiger partial charge >= 0.3 is 0 Å². The number of nitriles is 1. The molecule has 0 aliphatic carbocycles. The lowest BCUT2D eigenvalue weighted by molar-refractivity contribution is 0.585. The molecule has 2 aromatic rings. The Kier molecular flexibility index (Phi) is 4.18. The minimum atomic E-state index is -0.633. The molecule has 0 saturated carbocycles. The Bertz CT molecular complexity index is 647. The Morgan fingerprint density at radius 2 is 1.89 bits per heavy atom. The SMILES string of the molecule is N#Cc1cc(-c2ccc(F)cc2F)ccc1CCS. The van der Waals surface area contributed by atoms with Crippen LogP contribution in [0.4, 0.5) is 8.78 Å². The van der Waals surface area contributed by atoms with Gasteiger partial charge in [0.25, 0.3) is 0 Å². The number of nitrogens with zero attached hydrogens (tertiary/aromatic N) is 1. The zero-order valence-corrected chi connectivity index (χ0v) is 10.9. The minimum Gasteiger partial charge on any atom is -0.207 e. The fourth-order valence-corrected chi connectivity index (χ4v) is 2.15. The molecule has 4 heteroatoms. The van der Waals surface area contributed by atoms with Gasteiger partial charge in [0.1, 0.15) is 11.6 Å². The normalized spacial score (nSPS) is 10.2. The zero-order chi connectivity index (χ0) is 13.8. The Hall–Kier alpha value is -1.86. The number of benzene rings is 2. The number of aryl methyl sites for hydroxylation is 1. The fourth-order valence-electron chi connectivity index (χ4n) is 1.91. The van der Waals surface area contributed by atoms with Crippen molar-refractivity contribution in [3.63, 3.8) is 0 Å². The highest BCUT2D eigenvalue weighted by atomic mass is 32.1. The number of hydrogen-bond acceptors (Lipinski definition) is 2. The van der Waals surface area contributed by atoms with Crippen LogP contribution in [0.25, 0.3) is 11.1 Å². The van der Waals surface area contributed by atoms with Crippen LogP contribution in [0.1, 0.15) is 11.1 Å². The molecule has 0 aliphatic heterocycles. The first-order valence-corrected chi connectivity index (χ1v) is 6.38. The Labute approximate surface area is 115 Å². The van der Waals surface area contributed by atoms with Crippen LogP contribution in [0.15, 0.2) is 36.4 Å². The fraction of sp³-hybridized carbons (Fsp3) is 0.133. The molecule has 0 radical (unpaired) electrons. The Morgan fingerprint density at radius 1 is 1.11 bits per heavy atom. The molecule has 0 aromatic heterocycles. The quantitative estimate of drug-likeness (QED) is 0.842. The molecule has 0 spiro atoms. The zero-order valence-electron chi connectivity index (χ0n) is 10.0. The summed E-state index contributed by atoms with van der Waals surface area (Å²) in [5, 5.41) is 9.10. The molecule has 2 rings (SSSR count). The highest BCUT2D eigenvalue weighted by Gasteiger charge is 2.09. The number of halogens is 2. The van der Waals surface area contributed by atoms with Gasteiger partial charge in [0.05, 0.1) is 11.6 Å². The van der Waals surface area contributed by atoms with Crippen LogP contribution in [0.5, 0.6) is 0 Å². The molecule has 96 valence electrons. The van der Waals surface area contributed by atoms with Crippen molar-refractivity contribution in [1.29, 1.82) is 5.26 Å². The van der Waals surface area contributed by atoms with Gasteiger partial charge < -0.3 is 0 Å². The van der Waals surface area contributed by atoms with Gasteiger partial charge in [-0.1, -0.05) is 12.1 Å². The van der Waals surface area contributed by atoms with Crippen LogP contribution in [0.3, 0.4) is 0 Å². The van der Waals surface area contributed by atoms with E-state index in [0.717, 1.165) is 11.6 Å². The Morgan fingerprint density at radius 3 is 2.53 bits per heavy atom. The maximum atomic E-state index is 13.7. The van der Waals surface area contributed by atoms with E-state index in [4.69, 9.17) is 5.26 Å². The maximum absolute atomic E-state index is 13.7. The van der Waals surface area contributed by atoms with Crippen LogP contribution < -0.4 is 0 Å². The third kappa shape index (κ3) is 2.94. The molecule has 0 N–H and O–H groups in total. The van der Waals surface area contributed by atoms with E-state index < -0.39 is 11.6 Å². The molecule has 0 atom stereocenters. The molecule has 1 nitrogen and oxygen atoms in total. The van der Waals surface area contributed by atoms with Crippen molar-refractivity contribution < 1.29 is 8.78 Å². The number of hydrogen-bond donors (Lipinski definition) is 1. The molecule has 0 aliphatic rings. The van der Waals surface area contributed by atoms with Crippen LogP contribution in [-0.2, 0) is 6.42 Å². The topological polar surface area (TPSA) is 23.8 Å². The van der Waals surface area contributed by atoms with E-state index in [9.17, 15) is 8.78 Å². The van der Waals surface area contributed by atoms with Gasteiger partial charge in [-0.2, -0.15) is 17.9 Å². The summed E-state index contributed by atoms with van der Waals surface area (Å²) < 4.78 is 26.6. The van der Waals surface area contributed by atoms with Gasteiger partial charge in [0.15, 0.2) is 0 Å². The second kappa shape index (κ2) is 5.85. The molecule has 0 heterocycles. The van der Waals surface area contributed by atoms with Crippen LogP contribution >= 0.6 is 12.6 Å². The van der Waals surface area contributed by atoms with Crippen molar-refractivity contribution in [3.05, 3.63) is 59.2 Å². The number of rotatable bonds is 3. The predicted molar refractivity (Wildman–Crippen MR) is 74.1 cm³/mol. The first-order chi connectivity index (χ1) is 9.15. The molecular formula is C15H11F2NS. The summed E-state index contributed by atoms with van der Waals surface area (Å²) in [6, 6.07) is 10.6. The van der Waals surface area contributed by atoms with Crippen molar-refractivity contribution in [2.24, 2.45) is 0 Å². The van der Waals surface area contributed by atoms with Gasteiger partial charge in [-0.3, -0.25) is 0 Å². The molecule has 2 aromatic carbocycles. The summed E-state index contributed by atoms with van der Waals surface area (Å²) in [5.41, 5.74) is 2.23. The van der Waals surface area contributed by atoms with E-state index in [2.05, 4.69) is 18.7 Å². The van der Waals surface area contributed by atoms with Crippen LogP contribution in [0.2, 0.25) is 0 Å². The molecule has 0 unspecified atom stereocenters. The van der Waals surface area contributed by atoms with E-state index >= 15 is 0 Å². The summed E-state index contributed by atoms with van der Waals surface area (Å²) in [6.45, 7) is 0. The summed E-state index contributed by atoms with van der Waals surface area (Å²) in [7, 11) is 0. The lowest BCUT2D eigenvalue weighted by Crippen LogP contribution is -1.93. The molecule has 0 amide bonds. The third-order valence-electron chi connectivity index (χ3n) is 2.85. The van der Waals surface area contributed by atoms with E-state index in [1.165, 1.54) is 12.1 Å². The number of thiol groups is 1. The predicted octanol–water partition coefficient (Wildman–Crippen LogP) is 3.98. The van der Waals surface area contributed by atoms with Gasteiger partial charge in [0, 0.05) is 11.6 Å². The van der Waals surface area contributed by atoms with Gasteiger partial charge in [0.2, 0.25) is 0 Å². The van der Waals surface area contributed by atoms with E-state index in [-0.39, 0.29) is 5.56 Å². The monoisotopic (exact) mass is 275 g/mol. The average molecular weight is 275 g/mol. The molecule has 0 fully saturated rings. The molecule has 0 saturated heterocycles. The third-order valence-corrected chi connectivity index (χ3v) is 3.08. The Balaban J connectivity index is 2.49. The largest absolute Gasteiger partial charge is 0.207 e. The van der Waals surface area contributed by atoms with Crippen molar-refractivity contribution >= 4 is 12.6 Å². The molecular weight excluding hydrogens is 264 g/mol. The minimum absolute atomic E-state index is 0.287. The van der Waals surface area contributed by atoms with E-state index in [0.29, 0.717) is 23.3 Å². The average Bonchev–Trinajstić information content (AvgIpc) is 2.40. The standard InChI is InChI=1S/C15H11F2NS/c16-13-3-4-14(15(17)8-13)11-2-1-10(5-6-19)12(7-11)9-18/h1-4,7-8,19H,5-6H2. The highest BCUT2D eigenvalue weighted by Crippen LogP contribution is 2.26. The van der Waals surface area contributed by atoms with Crippen molar-refractivity contribution in [3.8, 4) is 17.2 Å². The molecule has 0 bridgehead atoms. The first-order valence-electron chi connectivity index (χ1n) is 5.75. The second-order valence-corrected chi connectivity index (χ2v) is 4.53. The van der Waals surface area contributed by atoms with Gasteiger partial charge in [-0.05, 0) is 41.5 Å². The van der Waals surface area contributed by atoms with E-state index in [1.54, 1.807) is 18.2 Å². The summed E-state index contributed by atoms with van der Waals surface area (Å²) in [6.07, 6.45) is 0.679. The molecule has 19 heavy (non-hydrogen) atoms. The van der Waals surface area contributed by atoms with E-state index in [1.807, 2.05) is 0 Å².